The Labute approximate surface area is 191 Å². The summed E-state index contributed by atoms with van der Waals surface area (Å²) in [5.74, 6) is -2.03. The van der Waals surface area contributed by atoms with E-state index in [9.17, 15) is 19.8 Å². The molecular weight excluding hydrogens is 368 g/mol. The van der Waals surface area contributed by atoms with Gasteiger partial charge in [0.05, 0.1) is 11.9 Å². The van der Waals surface area contributed by atoms with E-state index in [1.54, 1.807) is 13.8 Å². The standard InChI is InChI=1S/2C11H14O2.Ca/c2*1-3-11(2,10(12)13)9-7-5-4-6-8-9;/h2*4-8H,3H2,1-2H3,(H,12,13);/q;;+2/p-2. The Kier molecular flexibility index (Phi) is 10.9. The van der Waals surface area contributed by atoms with E-state index in [1.165, 1.54) is 0 Å². The summed E-state index contributed by atoms with van der Waals surface area (Å²) < 4.78 is 0. The number of carboxylic acid groups (broad SMARTS) is 2. The van der Waals surface area contributed by atoms with Crippen molar-refractivity contribution in [3.8, 4) is 0 Å². The minimum atomic E-state index is -1.01. The van der Waals surface area contributed by atoms with E-state index in [4.69, 9.17) is 0 Å². The summed E-state index contributed by atoms with van der Waals surface area (Å²) in [5, 5.41) is 21.9. The van der Waals surface area contributed by atoms with Crippen LogP contribution < -0.4 is 10.2 Å². The predicted molar refractivity (Wildman–Crippen MR) is 104 cm³/mol. The Morgan fingerprint density at radius 3 is 1.15 bits per heavy atom. The van der Waals surface area contributed by atoms with Crippen LogP contribution in [0.25, 0.3) is 0 Å². The summed E-state index contributed by atoms with van der Waals surface area (Å²) in [4.78, 5) is 21.9. The molecule has 2 rings (SSSR count). The first-order valence-electron chi connectivity index (χ1n) is 8.76. The van der Waals surface area contributed by atoms with Gasteiger partial charge in [-0.05, 0) is 24.0 Å². The zero-order chi connectivity index (χ0) is 19.8. The third kappa shape index (κ3) is 6.34. The molecule has 0 aliphatic rings. The van der Waals surface area contributed by atoms with Crippen LogP contribution in [-0.4, -0.2) is 49.7 Å². The molecule has 0 saturated carbocycles. The van der Waals surface area contributed by atoms with Crippen LogP contribution >= 0.6 is 0 Å². The van der Waals surface area contributed by atoms with Crippen molar-refractivity contribution >= 4 is 49.7 Å². The fourth-order valence-corrected chi connectivity index (χ4v) is 2.54. The van der Waals surface area contributed by atoms with Crippen LogP contribution in [0.1, 0.15) is 51.7 Å². The molecule has 0 amide bonds. The number of hydrogen-bond donors (Lipinski definition) is 0. The minimum absolute atomic E-state index is 0. The summed E-state index contributed by atoms with van der Waals surface area (Å²) in [6.45, 7) is 7.08. The molecule has 0 aliphatic heterocycles. The molecule has 2 aromatic carbocycles. The van der Waals surface area contributed by atoms with Gasteiger partial charge in [-0.25, -0.2) is 0 Å². The normalized spacial score (nSPS) is 14.4. The minimum Gasteiger partial charge on any atom is -0.549 e. The largest absolute Gasteiger partial charge is 2.00 e. The van der Waals surface area contributed by atoms with Gasteiger partial charge in [0.15, 0.2) is 0 Å². The van der Waals surface area contributed by atoms with Crippen LogP contribution in [0.3, 0.4) is 0 Å². The Bertz CT molecular complexity index is 654. The maximum absolute atomic E-state index is 10.9. The predicted octanol–water partition coefficient (Wildman–Crippen LogP) is 1.83. The summed E-state index contributed by atoms with van der Waals surface area (Å²) in [6.07, 6.45) is 1.08. The van der Waals surface area contributed by atoms with E-state index in [0.717, 1.165) is 11.1 Å². The molecular formula is C22H26CaO4. The molecule has 0 N–H and O–H groups in total. The zero-order valence-electron chi connectivity index (χ0n) is 16.5. The smallest absolute Gasteiger partial charge is 0.549 e. The Hall–Kier alpha value is -1.36. The van der Waals surface area contributed by atoms with Gasteiger partial charge in [-0.2, -0.15) is 0 Å². The SMILES string of the molecule is CCC(C)(C(=O)[O-])c1ccccc1.CCC(C)(C(=O)[O-])c1ccccc1.[Ca+2]. The molecule has 2 atom stereocenters. The molecule has 0 saturated heterocycles. The Morgan fingerprint density at radius 2 is 0.963 bits per heavy atom. The fraction of sp³-hybridized carbons (Fsp3) is 0.364. The van der Waals surface area contributed by atoms with Crippen molar-refractivity contribution in [2.45, 2.75) is 51.4 Å². The molecule has 27 heavy (non-hydrogen) atoms. The first-order valence-corrected chi connectivity index (χ1v) is 8.76. The van der Waals surface area contributed by atoms with Crippen LogP contribution in [0.15, 0.2) is 60.7 Å². The van der Waals surface area contributed by atoms with Gasteiger partial charge in [0.1, 0.15) is 0 Å². The van der Waals surface area contributed by atoms with Gasteiger partial charge < -0.3 is 19.8 Å². The number of benzene rings is 2. The van der Waals surface area contributed by atoms with E-state index in [-0.39, 0.29) is 37.7 Å². The van der Waals surface area contributed by atoms with Crippen molar-refractivity contribution < 1.29 is 19.8 Å². The second-order valence-electron chi connectivity index (χ2n) is 6.68. The van der Waals surface area contributed by atoms with Crippen LogP contribution in [0.4, 0.5) is 0 Å². The number of aliphatic carboxylic acids is 2. The van der Waals surface area contributed by atoms with Crippen molar-refractivity contribution in [2.75, 3.05) is 0 Å². The molecule has 2 aromatic rings. The quantitative estimate of drug-likeness (QED) is 0.700. The van der Waals surface area contributed by atoms with Gasteiger partial charge in [-0.15, -0.1) is 0 Å². The molecule has 0 bridgehead atoms. The van der Waals surface area contributed by atoms with E-state index >= 15 is 0 Å². The molecule has 0 heterocycles. The van der Waals surface area contributed by atoms with E-state index in [1.807, 2.05) is 74.5 Å². The second-order valence-corrected chi connectivity index (χ2v) is 6.68. The molecule has 5 heteroatoms. The Morgan fingerprint density at radius 1 is 0.704 bits per heavy atom. The fourth-order valence-electron chi connectivity index (χ4n) is 2.54. The van der Waals surface area contributed by atoms with Crippen molar-refractivity contribution in [2.24, 2.45) is 0 Å². The summed E-state index contributed by atoms with van der Waals surface area (Å²) in [7, 11) is 0. The van der Waals surface area contributed by atoms with Crippen LogP contribution in [-0.2, 0) is 20.4 Å². The summed E-state index contributed by atoms with van der Waals surface area (Å²) >= 11 is 0. The van der Waals surface area contributed by atoms with Crippen molar-refractivity contribution in [1.29, 1.82) is 0 Å². The number of carbonyl (C=O) groups excluding carboxylic acids is 2. The third-order valence-electron chi connectivity index (χ3n) is 5.14. The average Bonchev–Trinajstić information content (AvgIpc) is 2.68. The monoisotopic (exact) mass is 394 g/mol. The van der Waals surface area contributed by atoms with Gasteiger partial charge in [-0.3, -0.25) is 0 Å². The molecule has 2 unspecified atom stereocenters. The zero-order valence-corrected chi connectivity index (χ0v) is 18.7. The van der Waals surface area contributed by atoms with E-state index < -0.39 is 22.8 Å². The maximum atomic E-state index is 10.9. The molecule has 4 nitrogen and oxygen atoms in total. The van der Waals surface area contributed by atoms with Gasteiger partial charge in [0.25, 0.3) is 0 Å². The maximum Gasteiger partial charge on any atom is 2.00 e. The van der Waals surface area contributed by atoms with Gasteiger partial charge in [-0.1, -0.05) is 88.4 Å². The number of hydrogen-bond acceptors (Lipinski definition) is 4. The first kappa shape index (κ1) is 25.6. The van der Waals surface area contributed by atoms with Crippen molar-refractivity contribution in [3.63, 3.8) is 0 Å². The van der Waals surface area contributed by atoms with E-state index in [0.29, 0.717) is 12.8 Å². The van der Waals surface area contributed by atoms with Crippen molar-refractivity contribution in [3.05, 3.63) is 71.8 Å². The second kappa shape index (κ2) is 11.5. The summed E-state index contributed by atoms with van der Waals surface area (Å²) in [6, 6.07) is 18.4. The Balaban J connectivity index is 0.000000483. The van der Waals surface area contributed by atoms with Crippen molar-refractivity contribution in [1.82, 2.24) is 0 Å². The molecule has 0 fully saturated rings. The van der Waals surface area contributed by atoms with Crippen LogP contribution in [0, 0.1) is 0 Å². The molecule has 0 aromatic heterocycles. The van der Waals surface area contributed by atoms with E-state index in [2.05, 4.69) is 0 Å². The molecule has 0 radical (unpaired) electrons. The summed E-state index contributed by atoms with van der Waals surface area (Å²) in [5.41, 5.74) is -0.113. The van der Waals surface area contributed by atoms with Gasteiger partial charge >= 0.3 is 37.7 Å². The van der Waals surface area contributed by atoms with Crippen LogP contribution in [0.5, 0.6) is 0 Å². The third-order valence-corrected chi connectivity index (χ3v) is 5.14. The number of rotatable bonds is 6. The number of carboxylic acids is 2. The van der Waals surface area contributed by atoms with Gasteiger partial charge in [0, 0.05) is 10.8 Å². The molecule has 0 aliphatic carbocycles. The average molecular weight is 395 g/mol. The van der Waals surface area contributed by atoms with Crippen LogP contribution in [0.2, 0.25) is 0 Å². The topological polar surface area (TPSA) is 80.3 Å². The molecule has 0 spiro atoms. The van der Waals surface area contributed by atoms with Gasteiger partial charge in [0.2, 0.25) is 0 Å². The number of carbonyl (C=O) groups is 2. The molecule has 140 valence electrons. The first-order chi connectivity index (χ1) is 12.2.